The van der Waals surface area contributed by atoms with Crippen LogP contribution in [0.25, 0.3) is 0 Å². The summed E-state index contributed by atoms with van der Waals surface area (Å²) in [6, 6.07) is 0. The van der Waals surface area contributed by atoms with Gasteiger partial charge in [0.2, 0.25) is 0 Å². The number of hydrogen-bond donors (Lipinski definition) is 1. The average Bonchev–Trinajstić information content (AvgIpc) is 2.32. The fourth-order valence-electron chi connectivity index (χ4n) is 0.940. The van der Waals surface area contributed by atoms with Crippen molar-refractivity contribution in [2.24, 2.45) is 0 Å². The van der Waals surface area contributed by atoms with E-state index in [-0.39, 0.29) is 19.8 Å². The Hall–Kier alpha value is -0.950. The van der Waals surface area contributed by atoms with Gasteiger partial charge in [-0.25, -0.2) is 4.79 Å². The minimum atomic E-state index is -0.617. The number of rotatable bonds is 11. The highest BCUT2D eigenvalue weighted by Gasteiger charge is 2.02. The van der Waals surface area contributed by atoms with Gasteiger partial charge < -0.3 is 24.1 Å². The maximum absolute atomic E-state index is 10.6. The normalized spacial score (nSPS) is 12.1. The van der Waals surface area contributed by atoms with Crippen LogP contribution in [0.4, 0.5) is 0 Å². The van der Waals surface area contributed by atoms with Crippen LogP contribution >= 0.6 is 0 Å². The molecule has 0 amide bonds. The van der Waals surface area contributed by atoms with Gasteiger partial charge in [-0.2, -0.15) is 0 Å². The highest BCUT2D eigenvalue weighted by molar-refractivity contribution is 5.81. The van der Waals surface area contributed by atoms with Crippen molar-refractivity contribution >= 4 is 5.97 Å². The summed E-state index contributed by atoms with van der Waals surface area (Å²) < 4.78 is 19.7. The van der Waals surface area contributed by atoms with Crippen LogP contribution in [-0.2, 0) is 23.7 Å². The van der Waals surface area contributed by atoms with Crippen LogP contribution in [0, 0.1) is 0 Å². The van der Waals surface area contributed by atoms with Gasteiger partial charge in [0.1, 0.15) is 12.7 Å². The van der Waals surface area contributed by atoms with E-state index in [2.05, 4.69) is 11.3 Å². The van der Waals surface area contributed by atoms with Gasteiger partial charge in [0, 0.05) is 13.2 Å². The zero-order valence-corrected chi connectivity index (χ0v) is 10.1. The number of ether oxygens (including phenoxy) is 4. The summed E-state index contributed by atoms with van der Waals surface area (Å²) in [4.78, 5) is 10.6. The van der Waals surface area contributed by atoms with Crippen LogP contribution in [0.3, 0.4) is 0 Å². The van der Waals surface area contributed by atoms with Gasteiger partial charge in [-0.05, 0) is 0 Å². The smallest absolute Gasteiger partial charge is 0.330 e. The van der Waals surface area contributed by atoms with E-state index < -0.39 is 12.1 Å². The Morgan fingerprint density at radius 3 is 2.53 bits per heavy atom. The second-order valence-electron chi connectivity index (χ2n) is 3.17. The summed E-state index contributed by atoms with van der Waals surface area (Å²) in [6.45, 7) is 4.97. The third kappa shape index (κ3) is 11.3. The molecule has 0 heterocycles. The first-order chi connectivity index (χ1) is 8.20. The van der Waals surface area contributed by atoms with Gasteiger partial charge in [0.05, 0.1) is 33.0 Å². The SMILES string of the molecule is C=CC(=O)OCCOCCOCC(O)COC. The third-order valence-electron chi connectivity index (χ3n) is 1.68. The van der Waals surface area contributed by atoms with Gasteiger partial charge in [-0.15, -0.1) is 0 Å². The molecule has 100 valence electrons. The highest BCUT2D eigenvalue weighted by Crippen LogP contribution is 1.87. The number of aliphatic hydroxyl groups excluding tert-OH is 1. The van der Waals surface area contributed by atoms with Crippen molar-refractivity contribution in [3.63, 3.8) is 0 Å². The maximum atomic E-state index is 10.6. The minimum Gasteiger partial charge on any atom is -0.460 e. The standard InChI is InChI=1S/C11H20O6/c1-3-11(13)17-7-6-15-4-5-16-9-10(12)8-14-2/h3,10,12H,1,4-9H2,2H3. The molecule has 0 spiro atoms. The van der Waals surface area contributed by atoms with E-state index in [0.717, 1.165) is 6.08 Å². The number of esters is 1. The Labute approximate surface area is 101 Å². The van der Waals surface area contributed by atoms with E-state index in [1.54, 1.807) is 0 Å². The summed E-state index contributed by atoms with van der Waals surface area (Å²) in [7, 11) is 1.51. The Kier molecular flexibility index (Phi) is 10.9. The minimum absolute atomic E-state index is 0.192. The molecule has 0 bridgehead atoms. The zero-order valence-electron chi connectivity index (χ0n) is 10.1. The lowest BCUT2D eigenvalue weighted by molar-refractivity contribution is -0.139. The Balaban J connectivity index is 3.13. The fourth-order valence-corrected chi connectivity index (χ4v) is 0.940. The molecular formula is C11H20O6. The molecule has 17 heavy (non-hydrogen) atoms. The topological polar surface area (TPSA) is 74.2 Å². The fraction of sp³-hybridized carbons (Fsp3) is 0.727. The molecule has 0 saturated heterocycles. The lowest BCUT2D eigenvalue weighted by atomic mass is 10.4. The Bertz CT molecular complexity index is 206. The summed E-state index contributed by atoms with van der Waals surface area (Å²) >= 11 is 0. The zero-order chi connectivity index (χ0) is 12.9. The molecule has 0 saturated carbocycles. The van der Waals surface area contributed by atoms with Crippen molar-refractivity contribution in [3.8, 4) is 0 Å². The van der Waals surface area contributed by atoms with Crippen LogP contribution in [0.5, 0.6) is 0 Å². The van der Waals surface area contributed by atoms with Crippen molar-refractivity contribution in [3.05, 3.63) is 12.7 Å². The number of carbonyl (C=O) groups is 1. The van der Waals surface area contributed by atoms with E-state index in [0.29, 0.717) is 19.8 Å². The lowest BCUT2D eigenvalue weighted by Crippen LogP contribution is -2.22. The largest absolute Gasteiger partial charge is 0.460 e. The first-order valence-electron chi connectivity index (χ1n) is 5.32. The van der Waals surface area contributed by atoms with E-state index in [4.69, 9.17) is 14.2 Å². The average molecular weight is 248 g/mol. The number of aliphatic hydroxyl groups is 1. The summed E-state index contributed by atoms with van der Waals surface area (Å²) in [6.07, 6.45) is 0.480. The molecule has 0 radical (unpaired) electrons. The highest BCUT2D eigenvalue weighted by atomic mass is 16.6. The summed E-state index contributed by atoms with van der Waals surface area (Å²) in [5.41, 5.74) is 0. The number of hydrogen-bond acceptors (Lipinski definition) is 6. The second-order valence-corrected chi connectivity index (χ2v) is 3.17. The van der Waals surface area contributed by atoms with Crippen molar-refractivity contribution < 1.29 is 28.8 Å². The van der Waals surface area contributed by atoms with Gasteiger partial charge in [0.25, 0.3) is 0 Å². The molecule has 0 fully saturated rings. The molecule has 0 aliphatic rings. The molecule has 1 atom stereocenters. The predicted octanol–water partition coefficient (Wildman–Crippen LogP) is -0.244. The predicted molar refractivity (Wildman–Crippen MR) is 60.7 cm³/mol. The van der Waals surface area contributed by atoms with Crippen LogP contribution in [0.15, 0.2) is 12.7 Å². The van der Waals surface area contributed by atoms with Crippen molar-refractivity contribution in [1.29, 1.82) is 0 Å². The van der Waals surface area contributed by atoms with Crippen LogP contribution in [0.1, 0.15) is 0 Å². The molecule has 1 N–H and O–H groups in total. The van der Waals surface area contributed by atoms with Crippen molar-refractivity contribution in [2.75, 3.05) is 46.8 Å². The van der Waals surface area contributed by atoms with Gasteiger partial charge >= 0.3 is 5.97 Å². The Morgan fingerprint density at radius 2 is 1.88 bits per heavy atom. The molecule has 1 unspecified atom stereocenters. The first kappa shape index (κ1) is 16.1. The molecule has 0 rings (SSSR count). The van der Waals surface area contributed by atoms with Gasteiger partial charge in [-0.3, -0.25) is 0 Å². The summed E-state index contributed by atoms with van der Waals surface area (Å²) in [5, 5.41) is 9.22. The van der Waals surface area contributed by atoms with E-state index in [1.807, 2.05) is 0 Å². The van der Waals surface area contributed by atoms with Gasteiger partial charge in [0.15, 0.2) is 0 Å². The summed E-state index contributed by atoms with van der Waals surface area (Å²) in [5.74, 6) is -0.465. The van der Waals surface area contributed by atoms with E-state index in [1.165, 1.54) is 7.11 Å². The molecule has 6 heteroatoms. The molecule has 0 aromatic rings. The molecule has 0 aliphatic heterocycles. The molecule has 0 aromatic carbocycles. The second kappa shape index (κ2) is 11.5. The quantitative estimate of drug-likeness (QED) is 0.309. The monoisotopic (exact) mass is 248 g/mol. The number of carbonyl (C=O) groups excluding carboxylic acids is 1. The van der Waals surface area contributed by atoms with E-state index >= 15 is 0 Å². The molecule has 0 aliphatic carbocycles. The lowest BCUT2D eigenvalue weighted by Gasteiger charge is -2.10. The van der Waals surface area contributed by atoms with Crippen LogP contribution < -0.4 is 0 Å². The van der Waals surface area contributed by atoms with Crippen LogP contribution in [-0.4, -0.2) is 63.9 Å². The first-order valence-corrected chi connectivity index (χ1v) is 5.32. The van der Waals surface area contributed by atoms with Gasteiger partial charge in [-0.1, -0.05) is 6.58 Å². The van der Waals surface area contributed by atoms with E-state index in [9.17, 15) is 9.90 Å². The molecule has 6 nitrogen and oxygen atoms in total. The maximum Gasteiger partial charge on any atom is 0.330 e. The van der Waals surface area contributed by atoms with Crippen molar-refractivity contribution in [2.45, 2.75) is 6.10 Å². The molecule has 0 aromatic heterocycles. The Morgan fingerprint density at radius 1 is 1.24 bits per heavy atom. The van der Waals surface area contributed by atoms with Crippen molar-refractivity contribution in [1.82, 2.24) is 0 Å². The number of methoxy groups -OCH3 is 1. The molecular weight excluding hydrogens is 228 g/mol. The third-order valence-corrected chi connectivity index (χ3v) is 1.68. The van der Waals surface area contributed by atoms with Crippen LogP contribution in [0.2, 0.25) is 0 Å².